The summed E-state index contributed by atoms with van der Waals surface area (Å²) in [6, 6.07) is 2.28. The first kappa shape index (κ1) is 12.5. The second-order valence-electron chi connectivity index (χ2n) is 3.60. The van der Waals surface area contributed by atoms with E-state index in [1.165, 1.54) is 5.56 Å². The fraction of sp³-hybridized carbons (Fsp3) is 0.300. The number of thiophene rings is 1. The van der Waals surface area contributed by atoms with E-state index in [9.17, 15) is 0 Å². The van der Waals surface area contributed by atoms with Crippen LogP contribution in [-0.2, 0) is 6.42 Å². The lowest BCUT2D eigenvalue weighted by Crippen LogP contribution is -2.19. The average Bonchev–Trinajstić information content (AvgIpc) is 2.76. The smallest absolute Gasteiger partial charge is 0.245 e. The Kier molecular flexibility index (Phi) is 4.15. The van der Waals surface area contributed by atoms with Crippen molar-refractivity contribution >= 4 is 40.4 Å². The number of hydrogen-bond acceptors (Lipinski definition) is 5. The summed E-state index contributed by atoms with van der Waals surface area (Å²) in [5.74, 6) is 0.467. The topological polar surface area (TPSA) is 50.7 Å². The van der Waals surface area contributed by atoms with Crippen molar-refractivity contribution in [1.82, 2.24) is 15.2 Å². The summed E-state index contributed by atoms with van der Waals surface area (Å²) in [6.45, 7) is 2.05. The molecule has 0 aromatic carbocycles. The van der Waals surface area contributed by atoms with E-state index in [1.807, 2.05) is 6.92 Å². The molecule has 0 aliphatic heterocycles. The van der Waals surface area contributed by atoms with Crippen LogP contribution in [-0.4, -0.2) is 21.2 Å². The van der Waals surface area contributed by atoms with Gasteiger partial charge in [0.1, 0.15) is 0 Å². The molecule has 0 bridgehead atoms. The molecule has 2 rings (SSSR count). The van der Waals surface area contributed by atoms with Crippen molar-refractivity contribution in [2.45, 2.75) is 19.4 Å². The standard InChI is InChI=1S/C10H10Cl2N4S/c1-6(4-7-2-3-17-5-7)13-9-8(11)15-16-10(12)14-9/h2-3,5-6H,4H2,1H3,(H,13,14,16). The van der Waals surface area contributed by atoms with Crippen LogP contribution in [0.2, 0.25) is 10.4 Å². The van der Waals surface area contributed by atoms with Gasteiger partial charge >= 0.3 is 0 Å². The van der Waals surface area contributed by atoms with Crippen LogP contribution in [0.1, 0.15) is 12.5 Å². The van der Waals surface area contributed by atoms with Gasteiger partial charge in [-0.1, -0.05) is 11.6 Å². The molecule has 2 aromatic rings. The highest BCUT2D eigenvalue weighted by Crippen LogP contribution is 2.18. The molecule has 1 unspecified atom stereocenters. The number of nitrogens with zero attached hydrogens (tertiary/aromatic N) is 3. The molecule has 90 valence electrons. The van der Waals surface area contributed by atoms with Crippen molar-refractivity contribution in [3.05, 3.63) is 32.8 Å². The van der Waals surface area contributed by atoms with E-state index in [-0.39, 0.29) is 16.5 Å². The van der Waals surface area contributed by atoms with Crippen LogP contribution in [0.4, 0.5) is 5.82 Å². The SMILES string of the molecule is CC(Cc1ccsc1)Nc1nc(Cl)nnc1Cl. The summed E-state index contributed by atoms with van der Waals surface area (Å²) in [4.78, 5) is 3.99. The predicted molar refractivity (Wildman–Crippen MR) is 71.0 cm³/mol. The van der Waals surface area contributed by atoms with Gasteiger partial charge in [0.2, 0.25) is 5.28 Å². The number of halogens is 2. The summed E-state index contributed by atoms with van der Waals surface area (Å²) >= 11 is 13.2. The molecule has 0 saturated heterocycles. The van der Waals surface area contributed by atoms with Gasteiger partial charge in [0, 0.05) is 6.04 Å². The highest BCUT2D eigenvalue weighted by atomic mass is 35.5. The number of rotatable bonds is 4. The largest absolute Gasteiger partial charge is 0.365 e. The molecule has 7 heteroatoms. The van der Waals surface area contributed by atoms with Gasteiger partial charge in [0.05, 0.1) is 0 Å². The fourth-order valence-corrected chi connectivity index (χ4v) is 2.37. The highest BCUT2D eigenvalue weighted by Gasteiger charge is 2.10. The average molecular weight is 289 g/mol. The Labute approximate surface area is 113 Å². The molecule has 2 aromatic heterocycles. The minimum Gasteiger partial charge on any atom is -0.365 e. The van der Waals surface area contributed by atoms with Crippen LogP contribution in [0.25, 0.3) is 0 Å². The van der Waals surface area contributed by atoms with Crippen LogP contribution in [0.15, 0.2) is 16.8 Å². The molecule has 0 radical (unpaired) electrons. The number of nitrogens with one attached hydrogen (secondary N) is 1. The third-order valence-corrected chi connectivity index (χ3v) is 3.27. The van der Waals surface area contributed by atoms with Crippen LogP contribution in [0.3, 0.4) is 0 Å². The molecule has 0 amide bonds. The van der Waals surface area contributed by atoms with E-state index in [0.29, 0.717) is 5.82 Å². The minimum atomic E-state index is 0.0830. The monoisotopic (exact) mass is 288 g/mol. The van der Waals surface area contributed by atoms with Crippen LogP contribution in [0.5, 0.6) is 0 Å². The molecule has 0 spiro atoms. The van der Waals surface area contributed by atoms with Gasteiger partial charge in [-0.05, 0) is 47.3 Å². The lowest BCUT2D eigenvalue weighted by molar-refractivity contribution is 0.781. The van der Waals surface area contributed by atoms with Crippen molar-refractivity contribution in [2.24, 2.45) is 0 Å². The van der Waals surface area contributed by atoms with E-state index >= 15 is 0 Å². The molecular weight excluding hydrogens is 279 g/mol. The van der Waals surface area contributed by atoms with E-state index in [1.54, 1.807) is 11.3 Å². The van der Waals surface area contributed by atoms with Gasteiger partial charge in [-0.25, -0.2) is 0 Å². The molecule has 1 N–H and O–H groups in total. The Morgan fingerprint density at radius 2 is 2.24 bits per heavy atom. The van der Waals surface area contributed by atoms with Gasteiger partial charge < -0.3 is 5.32 Å². The molecule has 4 nitrogen and oxygen atoms in total. The van der Waals surface area contributed by atoms with Gasteiger partial charge in [-0.2, -0.15) is 16.3 Å². The zero-order chi connectivity index (χ0) is 12.3. The van der Waals surface area contributed by atoms with Crippen molar-refractivity contribution in [3.63, 3.8) is 0 Å². The lowest BCUT2D eigenvalue weighted by atomic mass is 10.1. The summed E-state index contributed by atoms with van der Waals surface area (Å²) in [5.41, 5.74) is 1.28. The second-order valence-corrected chi connectivity index (χ2v) is 5.08. The third-order valence-electron chi connectivity index (χ3n) is 2.12. The molecule has 0 aliphatic rings. The van der Waals surface area contributed by atoms with Crippen molar-refractivity contribution in [3.8, 4) is 0 Å². The van der Waals surface area contributed by atoms with Crippen LogP contribution < -0.4 is 5.32 Å². The Balaban J connectivity index is 2.02. The summed E-state index contributed by atoms with van der Waals surface area (Å²) in [6.07, 6.45) is 0.890. The van der Waals surface area contributed by atoms with E-state index < -0.39 is 0 Å². The predicted octanol–water partition coefficient (Wildman–Crippen LogP) is 3.28. The maximum Gasteiger partial charge on any atom is 0.245 e. The molecular formula is C10H10Cl2N4S. The highest BCUT2D eigenvalue weighted by molar-refractivity contribution is 7.07. The first-order chi connectivity index (χ1) is 8.15. The van der Waals surface area contributed by atoms with Crippen molar-refractivity contribution < 1.29 is 0 Å². The number of anilines is 1. The Morgan fingerprint density at radius 1 is 1.41 bits per heavy atom. The molecule has 0 fully saturated rings. The molecule has 0 saturated carbocycles. The summed E-state index contributed by atoms with van der Waals surface area (Å²) < 4.78 is 0. The number of hydrogen-bond donors (Lipinski definition) is 1. The second kappa shape index (κ2) is 5.62. The maximum atomic E-state index is 5.87. The van der Waals surface area contributed by atoms with Gasteiger partial charge in [-0.15, -0.1) is 10.2 Å². The Morgan fingerprint density at radius 3 is 2.94 bits per heavy atom. The summed E-state index contributed by atoms with van der Waals surface area (Å²) in [5, 5.41) is 14.9. The van der Waals surface area contributed by atoms with Crippen LogP contribution >= 0.6 is 34.5 Å². The van der Waals surface area contributed by atoms with Crippen molar-refractivity contribution in [2.75, 3.05) is 5.32 Å². The first-order valence-corrected chi connectivity index (χ1v) is 6.68. The van der Waals surface area contributed by atoms with Gasteiger partial charge in [-0.3, -0.25) is 0 Å². The van der Waals surface area contributed by atoms with Gasteiger partial charge in [0.15, 0.2) is 11.0 Å². The first-order valence-electron chi connectivity index (χ1n) is 4.98. The molecule has 0 aliphatic carbocycles. The van der Waals surface area contributed by atoms with Crippen molar-refractivity contribution in [1.29, 1.82) is 0 Å². The Hall–Kier alpha value is -0.910. The van der Waals surface area contributed by atoms with E-state index in [0.717, 1.165) is 6.42 Å². The lowest BCUT2D eigenvalue weighted by Gasteiger charge is -2.13. The third kappa shape index (κ3) is 3.52. The fourth-order valence-electron chi connectivity index (χ4n) is 1.43. The summed E-state index contributed by atoms with van der Waals surface area (Å²) in [7, 11) is 0. The van der Waals surface area contributed by atoms with E-state index in [2.05, 4.69) is 37.3 Å². The Bertz CT molecular complexity index is 489. The molecule has 17 heavy (non-hydrogen) atoms. The van der Waals surface area contributed by atoms with Gasteiger partial charge in [0.25, 0.3) is 0 Å². The quantitative estimate of drug-likeness (QED) is 0.938. The zero-order valence-corrected chi connectivity index (χ0v) is 11.4. The maximum absolute atomic E-state index is 5.87. The van der Waals surface area contributed by atoms with Crippen LogP contribution in [0, 0.1) is 0 Å². The zero-order valence-electron chi connectivity index (χ0n) is 9.02. The number of aromatic nitrogens is 3. The van der Waals surface area contributed by atoms with E-state index in [4.69, 9.17) is 23.2 Å². The normalized spacial score (nSPS) is 12.4. The molecule has 2 heterocycles. The minimum absolute atomic E-state index is 0.0830. The molecule has 1 atom stereocenters.